The monoisotopic (exact) mass is 202 g/mol. The molecule has 5 N–H and O–H groups in total. The summed E-state index contributed by atoms with van der Waals surface area (Å²) in [4.78, 5) is 14.0. The predicted octanol–water partition coefficient (Wildman–Crippen LogP) is 0.478. The number of halogens is 1. The number of carbonyl (C=O) groups is 1. The van der Waals surface area contributed by atoms with E-state index in [2.05, 4.69) is 15.1 Å². The number of hydrazine groups is 1. The molecule has 1 aromatic heterocycles. The normalized spacial score (nSPS) is 9.38. The zero-order valence-corrected chi connectivity index (χ0v) is 7.21. The Morgan fingerprint density at radius 1 is 1.69 bits per heavy atom. The molecule has 0 atom stereocenters. The van der Waals surface area contributed by atoms with Crippen LogP contribution in [0.5, 0.6) is 5.88 Å². The number of anilines is 1. The Labute approximate surface area is 78.8 Å². The van der Waals surface area contributed by atoms with E-state index < -0.39 is 6.09 Å². The third-order valence-corrected chi connectivity index (χ3v) is 1.49. The second-order valence-electron chi connectivity index (χ2n) is 2.07. The molecule has 0 saturated heterocycles. The molecule has 1 rings (SSSR count). The van der Waals surface area contributed by atoms with Crippen LogP contribution in [0.3, 0.4) is 0 Å². The fourth-order valence-corrected chi connectivity index (χ4v) is 0.847. The van der Waals surface area contributed by atoms with Crippen molar-refractivity contribution in [2.45, 2.75) is 0 Å². The van der Waals surface area contributed by atoms with Gasteiger partial charge in [0.2, 0.25) is 5.88 Å². The van der Waals surface area contributed by atoms with E-state index in [-0.39, 0.29) is 5.88 Å². The van der Waals surface area contributed by atoms with Crippen molar-refractivity contribution < 1.29 is 9.53 Å². The summed E-state index contributed by atoms with van der Waals surface area (Å²) in [6.07, 6.45) is 0.340. The van der Waals surface area contributed by atoms with Crippen LogP contribution < -0.4 is 21.7 Å². The van der Waals surface area contributed by atoms with E-state index in [4.69, 9.17) is 23.2 Å². The summed E-state index contributed by atoms with van der Waals surface area (Å²) in [5.41, 5.74) is 7.47. The average Bonchev–Trinajstić information content (AvgIpc) is 2.07. The summed E-state index contributed by atoms with van der Waals surface area (Å²) in [6, 6.07) is 1.35. The number of pyridine rings is 1. The first-order valence-electron chi connectivity index (χ1n) is 3.23. The van der Waals surface area contributed by atoms with Crippen molar-refractivity contribution in [3.8, 4) is 5.88 Å². The molecule has 0 saturated carbocycles. The number of carbonyl (C=O) groups excluding carboxylic acids is 1. The Kier molecular flexibility index (Phi) is 2.88. The summed E-state index contributed by atoms with van der Waals surface area (Å²) in [5.74, 6) is 5.15. The van der Waals surface area contributed by atoms with Gasteiger partial charge in [0.25, 0.3) is 0 Å². The van der Waals surface area contributed by atoms with E-state index in [1.807, 2.05) is 0 Å². The maximum absolute atomic E-state index is 10.3. The van der Waals surface area contributed by atoms with Gasteiger partial charge in [-0.2, -0.15) is 0 Å². The highest BCUT2D eigenvalue weighted by Gasteiger charge is 2.04. The maximum atomic E-state index is 10.3. The van der Waals surface area contributed by atoms with Crippen LogP contribution in [-0.2, 0) is 0 Å². The molecular weight excluding hydrogens is 196 g/mol. The van der Waals surface area contributed by atoms with Gasteiger partial charge in [-0.15, -0.1) is 0 Å². The number of nitrogens with zero attached hydrogens (tertiary/aromatic N) is 1. The van der Waals surface area contributed by atoms with Gasteiger partial charge in [-0.25, -0.2) is 9.78 Å². The van der Waals surface area contributed by atoms with Crippen molar-refractivity contribution in [3.63, 3.8) is 0 Å². The molecule has 0 aliphatic carbocycles. The molecule has 1 heterocycles. The Hall–Kier alpha value is -1.53. The Bertz CT molecular complexity index is 330. The van der Waals surface area contributed by atoms with Gasteiger partial charge in [-0.1, -0.05) is 11.6 Å². The number of nitrogens with two attached hydrogens (primary N) is 2. The van der Waals surface area contributed by atoms with Gasteiger partial charge >= 0.3 is 6.09 Å². The van der Waals surface area contributed by atoms with Crippen molar-refractivity contribution >= 4 is 23.4 Å². The predicted molar refractivity (Wildman–Crippen MR) is 47.3 cm³/mol. The van der Waals surface area contributed by atoms with Crippen molar-refractivity contribution in [1.29, 1.82) is 0 Å². The van der Waals surface area contributed by atoms with E-state index in [0.717, 1.165) is 0 Å². The van der Waals surface area contributed by atoms with Crippen LogP contribution in [0.15, 0.2) is 12.3 Å². The zero-order chi connectivity index (χ0) is 9.84. The number of rotatable bonds is 2. The Balaban J connectivity index is 2.92. The molecule has 0 aliphatic rings. The van der Waals surface area contributed by atoms with Gasteiger partial charge in [-0.3, -0.25) is 5.84 Å². The van der Waals surface area contributed by atoms with Crippen molar-refractivity contribution in [2.24, 2.45) is 11.6 Å². The SMILES string of the molecule is NNc1cc(OC(N)=O)ncc1Cl. The third-order valence-electron chi connectivity index (χ3n) is 1.19. The molecule has 0 aliphatic heterocycles. The maximum Gasteiger partial charge on any atom is 0.411 e. The van der Waals surface area contributed by atoms with Gasteiger partial charge in [0.05, 0.1) is 16.9 Å². The van der Waals surface area contributed by atoms with Crippen molar-refractivity contribution in [1.82, 2.24) is 4.98 Å². The van der Waals surface area contributed by atoms with E-state index in [9.17, 15) is 4.79 Å². The second-order valence-corrected chi connectivity index (χ2v) is 2.48. The van der Waals surface area contributed by atoms with Crippen molar-refractivity contribution in [3.05, 3.63) is 17.3 Å². The van der Waals surface area contributed by atoms with Crippen LogP contribution >= 0.6 is 11.6 Å². The molecule has 0 unspecified atom stereocenters. The third kappa shape index (κ3) is 2.46. The molecule has 0 bridgehead atoms. The van der Waals surface area contributed by atoms with Crippen molar-refractivity contribution in [2.75, 3.05) is 5.43 Å². The number of hydrogen-bond acceptors (Lipinski definition) is 5. The summed E-state index contributed by atoms with van der Waals surface area (Å²) >= 11 is 5.66. The second kappa shape index (κ2) is 3.92. The number of aromatic nitrogens is 1. The number of ether oxygens (including phenoxy) is 1. The quantitative estimate of drug-likeness (QED) is 0.478. The van der Waals surface area contributed by atoms with Gasteiger partial charge in [0, 0.05) is 6.07 Å². The first kappa shape index (κ1) is 9.56. The van der Waals surface area contributed by atoms with Gasteiger partial charge in [-0.05, 0) is 0 Å². The number of hydrogen-bond donors (Lipinski definition) is 3. The lowest BCUT2D eigenvalue weighted by atomic mass is 10.4. The molecule has 0 fully saturated rings. The van der Waals surface area contributed by atoms with E-state index >= 15 is 0 Å². The van der Waals surface area contributed by atoms with E-state index in [1.54, 1.807) is 0 Å². The molecule has 1 aromatic rings. The van der Waals surface area contributed by atoms with Gasteiger partial charge < -0.3 is 15.9 Å². The summed E-state index contributed by atoms with van der Waals surface area (Å²) in [5, 5.41) is 0.319. The molecule has 0 spiro atoms. The highest BCUT2D eigenvalue weighted by molar-refractivity contribution is 6.33. The molecule has 6 nitrogen and oxygen atoms in total. The number of nitrogen functional groups attached to an aromatic ring is 1. The topological polar surface area (TPSA) is 103 Å². The first-order chi connectivity index (χ1) is 6.13. The summed E-state index contributed by atoms with van der Waals surface area (Å²) in [6.45, 7) is 0. The lowest BCUT2D eigenvalue weighted by Crippen LogP contribution is -2.17. The molecule has 1 amide bonds. The number of primary amides is 1. The molecule has 0 aromatic carbocycles. The Morgan fingerprint density at radius 2 is 2.38 bits per heavy atom. The smallest absolute Gasteiger partial charge is 0.391 e. The lowest BCUT2D eigenvalue weighted by Gasteiger charge is -2.04. The van der Waals surface area contributed by atoms with Crippen LogP contribution in [-0.4, -0.2) is 11.1 Å². The van der Waals surface area contributed by atoms with Gasteiger partial charge in [0.15, 0.2) is 0 Å². The molecule has 70 valence electrons. The van der Waals surface area contributed by atoms with Gasteiger partial charge in [0.1, 0.15) is 0 Å². The fourth-order valence-electron chi connectivity index (χ4n) is 0.689. The molecule has 13 heavy (non-hydrogen) atoms. The van der Waals surface area contributed by atoms with Crippen LogP contribution in [0.1, 0.15) is 0 Å². The highest BCUT2D eigenvalue weighted by atomic mass is 35.5. The minimum atomic E-state index is -0.946. The number of amides is 1. The zero-order valence-electron chi connectivity index (χ0n) is 6.45. The standard InChI is InChI=1S/C6H7ClN4O2/c7-3-2-10-5(13-6(8)12)1-4(3)11-9/h1-2H,9H2,(H2,8,12)(H,10,11). The minimum absolute atomic E-state index is 0.0323. The van der Waals surface area contributed by atoms with Crippen LogP contribution in [0.2, 0.25) is 5.02 Å². The molecule has 0 radical (unpaired) electrons. The van der Waals surface area contributed by atoms with E-state index in [1.165, 1.54) is 12.3 Å². The minimum Gasteiger partial charge on any atom is -0.391 e. The molecule has 7 heteroatoms. The highest BCUT2D eigenvalue weighted by Crippen LogP contribution is 2.23. The largest absolute Gasteiger partial charge is 0.411 e. The van der Waals surface area contributed by atoms with Crippen LogP contribution in [0.4, 0.5) is 10.5 Å². The first-order valence-corrected chi connectivity index (χ1v) is 3.60. The Morgan fingerprint density at radius 3 is 2.92 bits per heavy atom. The van der Waals surface area contributed by atoms with Crippen LogP contribution in [0.25, 0.3) is 0 Å². The lowest BCUT2D eigenvalue weighted by molar-refractivity contribution is 0.209. The van der Waals surface area contributed by atoms with E-state index in [0.29, 0.717) is 10.7 Å². The average molecular weight is 203 g/mol. The van der Waals surface area contributed by atoms with Crippen LogP contribution in [0, 0.1) is 0 Å². The summed E-state index contributed by atoms with van der Waals surface area (Å²) < 4.78 is 4.49. The summed E-state index contributed by atoms with van der Waals surface area (Å²) in [7, 11) is 0. The molecular formula is C6H7ClN4O2. The number of nitrogens with one attached hydrogen (secondary N) is 1. The fraction of sp³-hybridized carbons (Fsp3) is 0.